The zero-order valence-corrected chi connectivity index (χ0v) is 14.9. The highest BCUT2D eigenvalue weighted by Crippen LogP contribution is 2.34. The molecule has 1 aromatic carbocycles. The van der Waals surface area contributed by atoms with Gasteiger partial charge >= 0.3 is 0 Å². The molecule has 0 bridgehead atoms. The summed E-state index contributed by atoms with van der Waals surface area (Å²) >= 11 is 0. The Morgan fingerprint density at radius 2 is 2.08 bits per heavy atom. The van der Waals surface area contributed by atoms with E-state index in [-0.39, 0.29) is 11.8 Å². The molecule has 1 aliphatic heterocycles. The Morgan fingerprint density at radius 3 is 2.81 bits per heavy atom. The smallest absolute Gasteiger partial charge is 0.256 e. The number of aromatic amines is 1. The number of rotatable bonds is 5. The average molecular weight is 354 g/mol. The largest absolute Gasteiger partial charge is 0.360 e. The summed E-state index contributed by atoms with van der Waals surface area (Å²) < 4.78 is 13.6. The van der Waals surface area contributed by atoms with Crippen LogP contribution in [0.5, 0.6) is 0 Å². The Morgan fingerprint density at radius 1 is 1.31 bits per heavy atom. The number of hydrogen-bond acceptors (Lipinski definition) is 3. The van der Waals surface area contributed by atoms with E-state index in [0.29, 0.717) is 46.9 Å². The van der Waals surface area contributed by atoms with Crippen LogP contribution >= 0.6 is 0 Å². The number of nitrogens with one attached hydrogen (secondary N) is 4. The van der Waals surface area contributed by atoms with E-state index in [1.807, 2.05) is 21.8 Å². The van der Waals surface area contributed by atoms with Crippen LogP contribution in [0.25, 0.3) is 11.6 Å². The number of hydrogen-bond donors (Lipinski definition) is 4. The maximum atomic E-state index is 13.6. The minimum Gasteiger partial charge on any atom is -0.360 e. The topological polar surface area (TPSA) is 86.0 Å². The lowest BCUT2D eigenvalue weighted by atomic mass is 10.0. The van der Waals surface area contributed by atoms with Gasteiger partial charge in [0, 0.05) is 35.7 Å². The van der Waals surface area contributed by atoms with E-state index in [1.165, 1.54) is 18.2 Å². The molecule has 6 nitrogen and oxygen atoms in total. The summed E-state index contributed by atoms with van der Waals surface area (Å²) in [6.45, 7) is 4.82. The molecule has 0 fully saturated rings. The lowest BCUT2D eigenvalue weighted by molar-refractivity contribution is -0.110. The van der Waals surface area contributed by atoms with Crippen LogP contribution in [0, 0.1) is 19.7 Å². The van der Waals surface area contributed by atoms with Crippen LogP contribution in [0.4, 0.5) is 10.1 Å². The van der Waals surface area contributed by atoms with Gasteiger partial charge in [0.05, 0.1) is 11.1 Å². The van der Waals surface area contributed by atoms with E-state index >= 15 is 0 Å². The van der Waals surface area contributed by atoms with E-state index in [9.17, 15) is 14.0 Å². The minimum absolute atomic E-state index is 0.168. The summed E-state index contributed by atoms with van der Waals surface area (Å²) in [5.41, 5.74) is 4.14. The van der Waals surface area contributed by atoms with Crippen molar-refractivity contribution in [2.24, 2.45) is 0 Å². The number of H-pyrrole nitrogens is 1. The number of anilines is 1. The molecular formula is C18H20BFN4O2. The first-order chi connectivity index (χ1) is 12.4. The molecule has 1 aromatic heterocycles. The molecule has 0 atom stereocenters. The van der Waals surface area contributed by atoms with E-state index in [4.69, 9.17) is 0 Å². The van der Waals surface area contributed by atoms with E-state index in [2.05, 4.69) is 20.8 Å². The number of carbonyl (C=O) groups excluding carboxylic acids is 2. The SMILES string of the molecule is BNCCNC(=O)c1c(C)[nH]c(/C=C2\C(=O)Nc3ccc(F)cc32)c1C. The molecule has 2 amide bonds. The van der Waals surface area contributed by atoms with Gasteiger partial charge in [0.2, 0.25) is 0 Å². The van der Waals surface area contributed by atoms with E-state index < -0.39 is 5.82 Å². The van der Waals surface area contributed by atoms with E-state index in [1.54, 1.807) is 6.08 Å². The molecule has 8 heteroatoms. The number of aryl methyl sites for hydroxylation is 1. The maximum Gasteiger partial charge on any atom is 0.256 e. The molecule has 134 valence electrons. The summed E-state index contributed by atoms with van der Waals surface area (Å²) in [5.74, 6) is -0.870. The number of aromatic nitrogens is 1. The van der Waals surface area contributed by atoms with Gasteiger partial charge in [-0.15, -0.1) is 0 Å². The van der Waals surface area contributed by atoms with Crippen LogP contribution in [-0.4, -0.2) is 37.9 Å². The fourth-order valence-corrected chi connectivity index (χ4v) is 3.10. The highest BCUT2D eigenvalue weighted by molar-refractivity contribution is 6.34. The molecule has 0 aliphatic carbocycles. The second-order valence-electron chi connectivity index (χ2n) is 6.23. The van der Waals surface area contributed by atoms with E-state index in [0.717, 1.165) is 5.56 Å². The summed E-state index contributed by atoms with van der Waals surface area (Å²) in [4.78, 5) is 27.8. The molecule has 0 saturated carbocycles. The molecule has 26 heavy (non-hydrogen) atoms. The Hall–Kier alpha value is -2.87. The zero-order chi connectivity index (χ0) is 18.8. The number of halogens is 1. The molecule has 0 radical (unpaired) electrons. The van der Waals surface area contributed by atoms with Gasteiger partial charge in [-0.1, -0.05) is 0 Å². The highest BCUT2D eigenvalue weighted by atomic mass is 19.1. The van der Waals surface area contributed by atoms with Crippen molar-refractivity contribution in [3.8, 4) is 0 Å². The molecule has 0 saturated heterocycles. The lowest BCUT2D eigenvalue weighted by Gasteiger charge is -2.05. The second kappa shape index (κ2) is 7.17. The predicted molar refractivity (Wildman–Crippen MR) is 102 cm³/mol. The minimum atomic E-state index is -0.407. The summed E-state index contributed by atoms with van der Waals surface area (Å²) in [7, 11) is 1.82. The maximum absolute atomic E-state index is 13.6. The van der Waals surface area contributed by atoms with Crippen LogP contribution in [0.3, 0.4) is 0 Å². The lowest BCUT2D eigenvalue weighted by Crippen LogP contribution is -2.31. The monoisotopic (exact) mass is 354 g/mol. The van der Waals surface area contributed by atoms with Gasteiger partial charge in [-0.2, -0.15) is 0 Å². The molecule has 1 aliphatic rings. The molecule has 3 rings (SSSR count). The van der Waals surface area contributed by atoms with Gasteiger partial charge in [0.25, 0.3) is 11.8 Å². The van der Waals surface area contributed by atoms with Crippen LogP contribution in [0.15, 0.2) is 18.2 Å². The zero-order valence-electron chi connectivity index (χ0n) is 14.9. The molecular weight excluding hydrogens is 334 g/mol. The number of amides is 2. The average Bonchev–Trinajstić information content (AvgIpc) is 3.04. The van der Waals surface area contributed by atoms with Crippen LogP contribution < -0.4 is 15.9 Å². The number of fused-ring (bicyclic) bond motifs is 1. The third-order valence-electron chi connectivity index (χ3n) is 4.42. The predicted octanol–water partition coefficient (Wildman–Crippen LogP) is 1.13. The van der Waals surface area contributed by atoms with Crippen molar-refractivity contribution >= 4 is 37.1 Å². The van der Waals surface area contributed by atoms with Crippen LogP contribution in [-0.2, 0) is 4.79 Å². The molecule has 0 unspecified atom stereocenters. The number of benzene rings is 1. The normalized spacial score (nSPS) is 14.4. The fraction of sp³-hybridized carbons (Fsp3) is 0.222. The third kappa shape index (κ3) is 3.28. The fourth-order valence-electron chi connectivity index (χ4n) is 3.10. The van der Waals surface area contributed by atoms with Gasteiger partial charge in [0.15, 0.2) is 7.98 Å². The standard InChI is InChI=1S/C18H20BFN4O2/c1-9-15(23-10(2)16(9)18(26)21-5-6-22-19)8-13-12-7-11(20)3-4-14(12)24-17(13)25/h3-4,7-8,22-23H,5-6,19H2,1-2H3,(H,21,26)(H,24,25)/b13-8-. The molecule has 0 spiro atoms. The Kier molecular flexibility index (Phi) is 4.95. The van der Waals surface area contributed by atoms with Crippen molar-refractivity contribution in [1.82, 2.24) is 15.5 Å². The Labute approximate surface area is 151 Å². The van der Waals surface area contributed by atoms with Gasteiger partial charge < -0.3 is 20.8 Å². The van der Waals surface area contributed by atoms with Crippen molar-refractivity contribution in [1.29, 1.82) is 0 Å². The highest BCUT2D eigenvalue weighted by Gasteiger charge is 2.26. The summed E-state index contributed by atoms with van der Waals surface area (Å²) in [6, 6.07) is 4.17. The second-order valence-corrected chi connectivity index (χ2v) is 6.23. The Bertz CT molecular complexity index is 920. The molecule has 4 N–H and O–H groups in total. The van der Waals surface area contributed by atoms with Crippen molar-refractivity contribution in [2.75, 3.05) is 18.4 Å². The Balaban J connectivity index is 1.96. The summed E-state index contributed by atoms with van der Waals surface area (Å²) in [5, 5.41) is 8.54. The third-order valence-corrected chi connectivity index (χ3v) is 4.42. The van der Waals surface area contributed by atoms with Gasteiger partial charge in [-0.05, 0) is 43.7 Å². The first-order valence-corrected chi connectivity index (χ1v) is 8.37. The van der Waals surface area contributed by atoms with Crippen molar-refractivity contribution < 1.29 is 14.0 Å². The molecule has 2 heterocycles. The molecule has 2 aromatic rings. The van der Waals surface area contributed by atoms with Gasteiger partial charge in [-0.25, -0.2) is 4.39 Å². The van der Waals surface area contributed by atoms with Crippen molar-refractivity contribution in [2.45, 2.75) is 13.8 Å². The first-order valence-electron chi connectivity index (χ1n) is 8.37. The number of carbonyl (C=O) groups is 2. The van der Waals surface area contributed by atoms with Crippen LogP contribution in [0.1, 0.15) is 32.9 Å². The van der Waals surface area contributed by atoms with Crippen molar-refractivity contribution in [3.63, 3.8) is 0 Å². The first kappa shape index (κ1) is 17.9. The van der Waals surface area contributed by atoms with Gasteiger partial charge in [-0.3, -0.25) is 9.59 Å². The van der Waals surface area contributed by atoms with Crippen molar-refractivity contribution in [3.05, 3.63) is 52.1 Å². The summed E-state index contributed by atoms with van der Waals surface area (Å²) in [6.07, 6.45) is 1.66. The van der Waals surface area contributed by atoms with Gasteiger partial charge in [0.1, 0.15) is 5.82 Å². The quantitative estimate of drug-likeness (QED) is 0.369. The van der Waals surface area contributed by atoms with Crippen LogP contribution in [0.2, 0.25) is 0 Å².